The van der Waals surface area contributed by atoms with E-state index in [-0.39, 0.29) is 44.6 Å². The Bertz CT molecular complexity index is 2400. The van der Waals surface area contributed by atoms with Crippen molar-refractivity contribution >= 4 is 74.2 Å². The van der Waals surface area contributed by atoms with E-state index in [2.05, 4.69) is 284 Å². The van der Waals surface area contributed by atoms with Crippen molar-refractivity contribution in [1.82, 2.24) is 0 Å². The second kappa shape index (κ2) is 28.8. The van der Waals surface area contributed by atoms with Crippen molar-refractivity contribution in [3.05, 3.63) is 218 Å². The molecule has 0 saturated carbocycles. The molecule has 0 aliphatic heterocycles. The first-order valence-electron chi connectivity index (χ1n) is 21.4. The lowest BCUT2D eigenvalue weighted by molar-refractivity contribution is 1.62. The van der Waals surface area contributed by atoms with Gasteiger partial charge in [-0.2, -0.15) is 0 Å². The van der Waals surface area contributed by atoms with Crippen LogP contribution < -0.4 is 31.1 Å². The largest absolute Gasteiger partial charge is 0.112 e. The van der Waals surface area contributed by atoms with Gasteiger partial charge in [-0.25, -0.2) is 0 Å². The van der Waals surface area contributed by atoms with Crippen LogP contribution in [0.5, 0.6) is 0 Å². The van der Waals surface area contributed by atoms with Gasteiger partial charge in [0.05, 0.1) is 16.1 Å². The van der Waals surface area contributed by atoms with Crippen LogP contribution in [0.25, 0.3) is 21.9 Å². The average molecular weight is 948 g/mol. The molecule has 0 N–H and O–H groups in total. The third kappa shape index (κ3) is 17.9. The monoisotopic (exact) mass is 947 g/mol. The summed E-state index contributed by atoms with van der Waals surface area (Å²) < 4.78 is 0. The predicted octanol–water partition coefficient (Wildman–Crippen LogP) is 16.1. The maximum absolute atomic E-state index is 2.42. The van der Waals surface area contributed by atoms with E-state index < -0.39 is 32.3 Å². The number of hydrogen-bond donors (Lipinski definition) is 0. The predicted molar refractivity (Wildman–Crippen MR) is 321 cm³/mol. The van der Waals surface area contributed by atoms with Crippen LogP contribution in [0, 0.1) is 0 Å². The summed E-state index contributed by atoms with van der Waals surface area (Å²) in [5.74, 6) is 0. The topological polar surface area (TPSA) is 0 Å². The Morgan fingerprint density at radius 1 is 0.212 bits per heavy atom. The van der Waals surface area contributed by atoms with Crippen LogP contribution in [-0.2, 0) is 0 Å². The molecule has 8 rings (SSSR count). The lowest BCUT2D eigenvalue weighted by atomic mass is 10.1. The molecule has 8 aromatic rings. The summed E-state index contributed by atoms with van der Waals surface area (Å²) in [6.45, 7) is 23.9. The smallest absolute Gasteiger partial charge is 0.0776 e. The van der Waals surface area contributed by atoms with Crippen molar-refractivity contribution in [3.8, 4) is 11.1 Å². The van der Waals surface area contributed by atoms with Gasteiger partial charge in [0.25, 0.3) is 0 Å². The highest BCUT2D eigenvalue weighted by Gasteiger charge is 2.26. The quantitative estimate of drug-likeness (QED) is 0.140. The SMILES string of the molecule is C.C.C.C.C.C.C[Si](C)(C)c1ccccc1.C[Si](C)(C)c1ccccc1.C[Si](C)(c1ccccc1)c1ccc(-c2ccccc2)cc1.C[Si](C)(c1ccccc1)c1ccc2ccccc2c1. The molecule has 0 nitrogen and oxygen atoms in total. The second-order valence-corrected chi connectivity index (χ2v) is 37.7. The molecule has 0 aliphatic rings. The van der Waals surface area contributed by atoms with E-state index in [1.807, 2.05) is 0 Å². The summed E-state index contributed by atoms with van der Waals surface area (Å²) in [6, 6.07) is 78.5. The standard InChI is InChI=1S/C20H20Si.C18H18Si.2C9H14Si.6CH4/c1-21(2,19-11-7-4-8-12-19)20-15-13-18(14-16-20)17-9-5-3-6-10-17;1-19(2,17-10-4-3-5-11-17)18-13-12-15-8-6-7-9-16(15)14-18;2*1-10(2,3)9-7-5-4-6-8-9;;;;;;/h3-16H,1-2H3;3-14H,1-2H3;2*4-8H,1-3H3;6*1H4. The van der Waals surface area contributed by atoms with Crippen LogP contribution in [0.1, 0.15) is 44.6 Å². The van der Waals surface area contributed by atoms with Gasteiger partial charge in [0.2, 0.25) is 0 Å². The van der Waals surface area contributed by atoms with Gasteiger partial charge in [0.15, 0.2) is 0 Å². The molecular formula is C62H90Si4. The lowest BCUT2D eigenvalue weighted by Gasteiger charge is -2.24. The number of benzene rings is 8. The van der Waals surface area contributed by atoms with Gasteiger partial charge in [0.1, 0.15) is 16.1 Å². The number of rotatable bonds is 7. The fourth-order valence-electron chi connectivity index (χ4n) is 7.21. The van der Waals surface area contributed by atoms with E-state index in [9.17, 15) is 0 Å². The highest BCUT2D eigenvalue weighted by Crippen LogP contribution is 2.19. The van der Waals surface area contributed by atoms with Crippen molar-refractivity contribution in [3.63, 3.8) is 0 Å². The van der Waals surface area contributed by atoms with E-state index in [4.69, 9.17) is 0 Å². The maximum Gasteiger partial charge on any atom is 0.112 e. The van der Waals surface area contributed by atoms with E-state index in [0.717, 1.165) is 0 Å². The van der Waals surface area contributed by atoms with Crippen molar-refractivity contribution in [1.29, 1.82) is 0 Å². The van der Waals surface area contributed by atoms with Crippen LogP contribution in [0.3, 0.4) is 0 Å². The van der Waals surface area contributed by atoms with Crippen LogP contribution in [-0.4, -0.2) is 32.3 Å². The summed E-state index contributed by atoms with van der Waals surface area (Å²) in [6.07, 6.45) is 0. The van der Waals surface area contributed by atoms with Gasteiger partial charge in [-0.05, 0) is 21.9 Å². The molecule has 0 unspecified atom stereocenters. The zero-order valence-electron chi connectivity index (χ0n) is 37.8. The molecule has 0 radical (unpaired) electrons. The normalized spacial score (nSPS) is 10.5. The molecule has 4 heteroatoms. The van der Waals surface area contributed by atoms with Gasteiger partial charge in [-0.3, -0.25) is 0 Å². The van der Waals surface area contributed by atoms with Crippen LogP contribution >= 0.6 is 0 Å². The molecule has 66 heavy (non-hydrogen) atoms. The molecular weight excluding hydrogens is 857 g/mol. The maximum atomic E-state index is 2.42. The number of hydrogen-bond acceptors (Lipinski definition) is 0. The molecule has 0 spiro atoms. The van der Waals surface area contributed by atoms with E-state index >= 15 is 0 Å². The summed E-state index contributed by atoms with van der Waals surface area (Å²) in [7, 11) is -5.22. The van der Waals surface area contributed by atoms with E-state index in [1.54, 1.807) is 0 Å². The van der Waals surface area contributed by atoms with Gasteiger partial charge >= 0.3 is 0 Å². The van der Waals surface area contributed by atoms with Crippen LogP contribution in [0.15, 0.2) is 218 Å². The minimum absolute atomic E-state index is 0. The Kier molecular flexibility index (Phi) is 27.5. The minimum atomic E-state index is -1.58. The second-order valence-electron chi connectivity index (χ2n) is 18.7. The Labute approximate surface area is 411 Å². The zero-order chi connectivity index (χ0) is 43.2. The van der Waals surface area contributed by atoms with Crippen molar-refractivity contribution < 1.29 is 0 Å². The lowest BCUT2D eigenvalue weighted by Crippen LogP contribution is -2.52. The Balaban J connectivity index is 0. The molecule has 354 valence electrons. The van der Waals surface area contributed by atoms with Crippen molar-refractivity contribution in [2.75, 3.05) is 0 Å². The molecule has 0 bridgehead atoms. The zero-order valence-corrected chi connectivity index (χ0v) is 41.8. The third-order valence-corrected chi connectivity index (χ3v) is 22.7. The number of fused-ring (bicyclic) bond motifs is 1. The summed E-state index contributed by atoms with van der Waals surface area (Å²) >= 11 is 0. The Morgan fingerprint density at radius 3 is 0.818 bits per heavy atom. The van der Waals surface area contributed by atoms with E-state index in [1.165, 1.54) is 53.0 Å². The Morgan fingerprint density at radius 2 is 0.470 bits per heavy atom. The molecule has 0 aliphatic carbocycles. The molecule has 8 aromatic carbocycles. The average Bonchev–Trinajstić information content (AvgIpc) is 3.28. The Hall–Kier alpha value is -5.11. The summed E-state index contributed by atoms with van der Waals surface area (Å²) in [5.41, 5.74) is 2.57. The molecule has 0 aromatic heterocycles. The van der Waals surface area contributed by atoms with Crippen LogP contribution in [0.4, 0.5) is 0 Å². The first kappa shape index (κ1) is 63.0. The van der Waals surface area contributed by atoms with Crippen molar-refractivity contribution in [2.45, 2.75) is 110 Å². The van der Waals surface area contributed by atoms with Gasteiger partial charge in [0, 0.05) is 0 Å². The molecule has 0 atom stereocenters. The van der Waals surface area contributed by atoms with Gasteiger partial charge < -0.3 is 0 Å². The summed E-state index contributed by atoms with van der Waals surface area (Å²) in [5, 5.41) is 11.7. The molecule has 0 fully saturated rings. The highest BCUT2D eigenvalue weighted by atomic mass is 28.3. The van der Waals surface area contributed by atoms with E-state index in [0.29, 0.717) is 0 Å². The van der Waals surface area contributed by atoms with Crippen molar-refractivity contribution in [2.24, 2.45) is 0 Å². The first-order valence-corrected chi connectivity index (χ1v) is 34.4. The third-order valence-electron chi connectivity index (χ3n) is 11.5. The highest BCUT2D eigenvalue weighted by molar-refractivity contribution is 7.01. The van der Waals surface area contributed by atoms with Gasteiger partial charge in [-0.1, -0.05) is 360 Å². The molecule has 0 amide bonds. The minimum Gasteiger partial charge on any atom is -0.0776 e. The molecule has 0 heterocycles. The molecule has 0 saturated heterocycles. The summed E-state index contributed by atoms with van der Waals surface area (Å²) in [4.78, 5) is 0. The fourth-order valence-corrected chi connectivity index (χ4v) is 14.3. The van der Waals surface area contributed by atoms with Crippen LogP contribution in [0.2, 0.25) is 65.5 Å². The van der Waals surface area contributed by atoms with Gasteiger partial charge in [-0.15, -0.1) is 0 Å². The fraction of sp³-hybridized carbons (Fsp3) is 0.258. The first-order chi connectivity index (χ1) is 28.6.